The minimum absolute atomic E-state index is 0.161. The molecule has 3 atom stereocenters. The minimum atomic E-state index is -0.388. The molecular weight excluding hydrogens is 186 g/mol. The van der Waals surface area contributed by atoms with E-state index in [1.54, 1.807) is 0 Å². The topological polar surface area (TPSA) is 46.2 Å². The smallest absolute Gasteiger partial charge is 0.0832 e. The molecule has 15 heavy (non-hydrogen) atoms. The summed E-state index contributed by atoms with van der Waals surface area (Å²) in [6.45, 7) is 0. The Kier molecular flexibility index (Phi) is 3.39. The van der Waals surface area contributed by atoms with Crippen LogP contribution in [0.15, 0.2) is 30.3 Å². The molecule has 1 saturated carbocycles. The Bertz CT molecular complexity index is 299. The van der Waals surface area contributed by atoms with Gasteiger partial charge in [0.15, 0.2) is 0 Å². The minimum Gasteiger partial charge on any atom is -0.388 e. The molecule has 0 radical (unpaired) electrons. The molecule has 2 heteroatoms. The van der Waals surface area contributed by atoms with Gasteiger partial charge in [0.05, 0.1) is 6.10 Å². The monoisotopic (exact) mass is 205 g/mol. The van der Waals surface area contributed by atoms with Crippen LogP contribution in [0, 0.1) is 5.92 Å². The van der Waals surface area contributed by atoms with Crippen LogP contribution >= 0.6 is 0 Å². The Balaban J connectivity index is 2.09. The maximum absolute atomic E-state index is 10.2. The lowest BCUT2D eigenvalue weighted by Crippen LogP contribution is -2.36. The lowest BCUT2D eigenvalue weighted by molar-refractivity contribution is 0.0722. The molecule has 2 nitrogen and oxygen atoms in total. The molecule has 0 unspecified atom stereocenters. The van der Waals surface area contributed by atoms with Gasteiger partial charge in [0.2, 0.25) is 0 Å². The van der Waals surface area contributed by atoms with Crippen molar-refractivity contribution in [1.82, 2.24) is 0 Å². The average Bonchev–Trinajstić information content (AvgIpc) is 2.30. The summed E-state index contributed by atoms with van der Waals surface area (Å²) in [5.74, 6) is 0.237. The van der Waals surface area contributed by atoms with E-state index in [1.165, 1.54) is 12.8 Å². The largest absolute Gasteiger partial charge is 0.388 e. The van der Waals surface area contributed by atoms with E-state index in [1.807, 2.05) is 30.3 Å². The van der Waals surface area contributed by atoms with Crippen LogP contribution < -0.4 is 5.73 Å². The van der Waals surface area contributed by atoms with Crippen molar-refractivity contribution in [3.05, 3.63) is 35.9 Å². The molecule has 0 spiro atoms. The van der Waals surface area contributed by atoms with Gasteiger partial charge < -0.3 is 10.8 Å². The Morgan fingerprint density at radius 1 is 1.13 bits per heavy atom. The number of nitrogens with two attached hydrogens (primary N) is 1. The van der Waals surface area contributed by atoms with Gasteiger partial charge in [0.1, 0.15) is 0 Å². The fourth-order valence-electron chi connectivity index (χ4n) is 2.48. The predicted octanol–water partition coefficient (Wildman–Crippen LogP) is 2.24. The highest BCUT2D eigenvalue weighted by molar-refractivity contribution is 5.18. The molecule has 0 aromatic heterocycles. The van der Waals surface area contributed by atoms with Crippen molar-refractivity contribution < 1.29 is 5.11 Å². The van der Waals surface area contributed by atoms with Crippen LogP contribution in [0.3, 0.4) is 0 Å². The van der Waals surface area contributed by atoms with Gasteiger partial charge in [0, 0.05) is 12.0 Å². The van der Waals surface area contributed by atoms with Crippen molar-refractivity contribution >= 4 is 0 Å². The quantitative estimate of drug-likeness (QED) is 0.777. The Hall–Kier alpha value is -0.860. The van der Waals surface area contributed by atoms with Crippen molar-refractivity contribution in [2.24, 2.45) is 11.7 Å². The number of aliphatic hydroxyl groups is 1. The predicted molar refractivity (Wildman–Crippen MR) is 61.3 cm³/mol. The summed E-state index contributed by atoms with van der Waals surface area (Å²) >= 11 is 0. The molecule has 3 N–H and O–H groups in total. The van der Waals surface area contributed by atoms with Crippen LogP contribution in [0.1, 0.15) is 37.4 Å². The van der Waals surface area contributed by atoms with Gasteiger partial charge in [-0.05, 0) is 18.4 Å². The lowest BCUT2D eigenvalue weighted by Gasteiger charge is -2.32. The molecule has 1 aliphatic rings. The molecule has 0 bridgehead atoms. The van der Waals surface area contributed by atoms with Gasteiger partial charge in [-0.1, -0.05) is 43.2 Å². The van der Waals surface area contributed by atoms with Crippen LogP contribution in [0.25, 0.3) is 0 Å². The second-order valence-corrected chi connectivity index (χ2v) is 4.47. The van der Waals surface area contributed by atoms with Crippen molar-refractivity contribution in [2.75, 3.05) is 0 Å². The Labute approximate surface area is 91.1 Å². The van der Waals surface area contributed by atoms with Crippen molar-refractivity contribution in [3.63, 3.8) is 0 Å². The molecule has 1 aromatic carbocycles. The zero-order chi connectivity index (χ0) is 10.7. The Morgan fingerprint density at radius 3 is 2.47 bits per heavy atom. The van der Waals surface area contributed by atoms with Gasteiger partial charge in [0.25, 0.3) is 0 Å². The van der Waals surface area contributed by atoms with E-state index in [-0.39, 0.29) is 18.1 Å². The molecule has 0 aliphatic heterocycles. The molecule has 0 saturated heterocycles. The second-order valence-electron chi connectivity index (χ2n) is 4.47. The van der Waals surface area contributed by atoms with E-state index in [2.05, 4.69) is 0 Å². The second kappa shape index (κ2) is 4.77. The first-order chi connectivity index (χ1) is 7.29. The van der Waals surface area contributed by atoms with E-state index in [4.69, 9.17) is 5.73 Å². The highest BCUT2D eigenvalue weighted by Gasteiger charge is 2.28. The van der Waals surface area contributed by atoms with Crippen molar-refractivity contribution in [1.29, 1.82) is 0 Å². The zero-order valence-corrected chi connectivity index (χ0v) is 8.97. The third kappa shape index (κ3) is 2.39. The van der Waals surface area contributed by atoms with Crippen LogP contribution in [0.4, 0.5) is 0 Å². The van der Waals surface area contributed by atoms with Gasteiger partial charge in [-0.15, -0.1) is 0 Å². The number of rotatable bonds is 2. The molecule has 0 amide bonds. The lowest BCUT2D eigenvalue weighted by atomic mass is 9.79. The van der Waals surface area contributed by atoms with E-state index in [0.29, 0.717) is 0 Å². The average molecular weight is 205 g/mol. The van der Waals surface area contributed by atoms with Crippen molar-refractivity contribution in [3.8, 4) is 0 Å². The van der Waals surface area contributed by atoms with Crippen molar-refractivity contribution in [2.45, 2.75) is 37.8 Å². The summed E-state index contributed by atoms with van der Waals surface area (Å²) in [5.41, 5.74) is 7.06. The van der Waals surface area contributed by atoms with E-state index < -0.39 is 0 Å². The van der Waals surface area contributed by atoms with Crippen LogP contribution in [0.2, 0.25) is 0 Å². The summed E-state index contributed by atoms with van der Waals surface area (Å²) in [6, 6.07) is 10.0. The summed E-state index contributed by atoms with van der Waals surface area (Å²) in [7, 11) is 0. The first-order valence-corrected chi connectivity index (χ1v) is 5.77. The van der Waals surface area contributed by atoms with Crippen LogP contribution in [-0.2, 0) is 0 Å². The molecule has 82 valence electrons. The first kappa shape index (κ1) is 10.7. The SMILES string of the molecule is N[C@@H]1CCCC[C@H]1[C@@H](O)c1ccccc1. The summed E-state index contributed by atoms with van der Waals surface area (Å²) in [5, 5.41) is 10.2. The third-order valence-electron chi connectivity index (χ3n) is 3.42. The molecule has 1 aliphatic carbocycles. The summed E-state index contributed by atoms with van der Waals surface area (Å²) in [6.07, 6.45) is 4.12. The third-order valence-corrected chi connectivity index (χ3v) is 3.42. The van der Waals surface area contributed by atoms with E-state index in [0.717, 1.165) is 18.4 Å². The van der Waals surface area contributed by atoms with Gasteiger partial charge in [-0.3, -0.25) is 0 Å². The maximum atomic E-state index is 10.2. The number of hydrogen-bond acceptors (Lipinski definition) is 2. The standard InChI is InChI=1S/C13H19NO/c14-12-9-5-4-8-11(12)13(15)10-6-2-1-3-7-10/h1-3,6-7,11-13,15H,4-5,8-9,14H2/t11-,12-,13+/m1/s1. The zero-order valence-electron chi connectivity index (χ0n) is 8.97. The summed E-state index contributed by atoms with van der Waals surface area (Å²) < 4.78 is 0. The molecular formula is C13H19NO. The number of aliphatic hydroxyl groups excluding tert-OH is 1. The van der Waals surface area contributed by atoms with Gasteiger partial charge in [-0.2, -0.15) is 0 Å². The molecule has 2 rings (SSSR count). The van der Waals surface area contributed by atoms with Gasteiger partial charge in [-0.25, -0.2) is 0 Å². The number of benzene rings is 1. The molecule has 1 aromatic rings. The van der Waals surface area contributed by atoms with Gasteiger partial charge >= 0.3 is 0 Å². The highest BCUT2D eigenvalue weighted by atomic mass is 16.3. The van der Waals surface area contributed by atoms with Crippen LogP contribution in [0.5, 0.6) is 0 Å². The number of hydrogen-bond donors (Lipinski definition) is 2. The molecule has 0 heterocycles. The molecule has 1 fully saturated rings. The maximum Gasteiger partial charge on any atom is 0.0832 e. The fourth-order valence-corrected chi connectivity index (χ4v) is 2.48. The van der Waals surface area contributed by atoms with E-state index in [9.17, 15) is 5.11 Å². The highest BCUT2D eigenvalue weighted by Crippen LogP contribution is 2.33. The first-order valence-electron chi connectivity index (χ1n) is 5.77. The summed E-state index contributed by atoms with van der Waals surface area (Å²) in [4.78, 5) is 0. The van der Waals surface area contributed by atoms with Crippen LogP contribution in [-0.4, -0.2) is 11.1 Å². The van der Waals surface area contributed by atoms with E-state index >= 15 is 0 Å². The fraction of sp³-hybridized carbons (Fsp3) is 0.538. The normalized spacial score (nSPS) is 28.7. The Morgan fingerprint density at radius 2 is 1.80 bits per heavy atom.